The number of nitrogens with two attached hydrogens (primary N) is 1. The molecule has 0 aromatic carbocycles. The predicted octanol–water partition coefficient (Wildman–Crippen LogP) is 2.43. The highest BCUT2D eigenvalue weighted by atomic mass is 35.5. The summed E-state index contributed by atoms with van der Waals surface area (Å²) in [4.78, 5) is 11.7. The number of ketones is 1. The Morgan fingerprint density at radius 3 is 2.78 bits per heavy atom. The van der Waals surface area contributed by atoms with Crippen LogP contribution in [0.4, 0.5) is 0 Å². The van der Waals surface area contributed by atoms with E-state index in [0.29, 0.717) is 18.9 Å². The molecule has 0 bridgehead atoms. The SMILES string of the molecule is NCCCOC1=CC=C(OCC=C(Cl)Cl)C(=O)C1. The molecule has 1 aliphatic rings. The van der Waals surface area contributed by atoms with Crippen molar-refractivity contribution in [1.82, 2.24) is 0 Å². The molecule has 0 saturated heterocycles. The summed E-state index contributed by atoms with van der Waals surface area (Å²) in [5.74, 6) is 0.790. The van der Waals surface area contributed by atoms with E-state index in [1.807, 2.05) is 0 Å². The second-order valence-electron chi connectivity index (χ2n) is 3.56. The summed E-state index contributed by atoms with van der Waals surface area (Å²) >= 11 is 10.9. The van der Waals surface area contributed by atoms with Crippen molar-refractivity contribution in [3.8, 4) is 0 Å². The van der Waals surface area contributed by atoms with Crippen molar-refractivity contribution in [3.05, 3.63) is 34.2 Å². The average molecular weight is 292 g/mol. The van der Waals surface area contributed by atoms with E-state index < -0.39 is 0 Å². The van der Waals surface area contributed by atoms with Gasteiger partial charge in [-0.1, -0.05) is 23.2 Å². The molecule has 1 rings (SSSR count). The number of hydrogen-bond acceptors (Lipinski definition) is 4. The van der Waals surface area contributed by atoms with Crippen molar-refractivity contribution < 1.29 is 14.3 Å². The summed E-state index contributed by atoms with van der Waals surface area (Å²) in [6.45, 7) is 1.25. The molecular weight excluding hydrogens is 277 g/mol. The minimum Gasteiger partial charge on any atom is -0.497 e. The number of Topliss-reactive ketones (excluding diaryl/α,β-unsaturated/α-hetero) is 1. The molecule has 0 saturated carbocycles. The average Bonchev–Trinajstić information content (AvgIpc) is 2.32. The monoisotopic (exact) mass is 291 g/mol. The minimum absolute atomic E-state index is 0.111. The largest absolute Gasteiger partial charge is 0.497 e. The van der Waals surface area contributed by atoms with Crippen LogP contribution in [-0.2, 0) is 14.3 Å². The smallest absolute Gasteiger partial charge is 0.204 e. The zero-order chi connectivity index (χ0) is 13.4. The highest BCUT2D eigenvalue weighted by molar-refractivity contribution is 6.55. The van der Waals surface area contributed by atoms with Crippen LogP contribution in [0.5, 0.6) is 0 Å². The molecule has 0 aromatic heterocycles. The van der Waals surface area contributed by atoms with E-state index in [2.05, 4.69) is 0 Å². The molecule has 6 heteroatoms. The van der Waals surface area contributed by atoms with Gasteiger partial charge in [0.05, 0.1) is 13.0 Å². The standard InChI is InChI=1S/C12H15Cl2NO3/c13-12(14)4-7-18-11-3-2-9(8-10(11)16)17-6-1-5-15/h2-4H,1,5-8,15H2. The van der Waals surface area contributed by atoms with E-state index in [9.17, 15) is 4.79 Å². The van der Waals surface area contributed by atoms with E-state index in [-0.39, 0.29) is 29.1 Å². The zero-order valence-electron chi connectivity index (χ0n) is 9.83. The lowest BCUT2D eigenvalue weighted by atomic mass is 10.1. The molecule has 100 valence electrons. The van der Waals surface area contributed by atoms with Crippen LogP contribution in [0.1, 0.15) is 12.8 Å². The van der Waals surface area contributed by atoms with Gasteiger partial charge in [0.2, 0.25) is 5.78 Å². The van der Waals surface area contributed by atoms with Crippen molar-refractivity contribution in [1.29, 1.82) is 0 Å². The van der Waals surface area contributed by atoms with Crippen molar-refractivity contribution in [2.75, 3.05) is 19.8 Å². The molecule has 0 aliphatic heterocycles. The summed E-state index contributed by atoms with van der Waals surface area (Å²) in [7, 11) is 0. The molecule has 0 fully saturated rings. The third-order valence-corrected chi connectivity index (χ3v) is 2.45. The number of ether oxygens (including phenoxy) is 2. The minimum atomic E-state index is -0.126. The number of halogens is 2. The van der Waals surface area contributed by atoms with Gasteiger partial charge in [0.15, 0.2) is 5.76 Å². The Bertz CT molecular complexity index is 385. The van der Waals surface area contributed by atoms with Crippen molar-refractivity contribution in [2.24, 2.45) is 5.73 Å². The van der Waals surface area contributed by atoms with Crippen LogP contribution in [0.2, 0.25) is 0 Å². The summed E-state index contributed by atoms with van der Waals surface area (Å²) in [6.07, 6.45) is 5.74. The normalized spacial score (nSPS) is 14.7. The molecule has 0 atom stereocenters. The maximum atomic E-state index is 11.7. The molecule has 18 heavy (non-hydrogen) atoms. The van der Waals surface area contributed by atoms with Crippen LogP contribution >= 0.6 is 23.2 Å². The summed E-state index contributed by atoms with van der Waals surface area (Å²) in [5.41, 5.74) is 5.35. The van der Waals surface area contributed by atoms with E-state index in [1.54, 1.807) is 12.2 Å². The lowest BCUT2D eigenvalue weighted by Gasteiger charge is -2.14. The van der Waals surface area contributed by atoms with Crippen LogP contribution in [-0.4, -0.2) is 25.5 Å². The molecular formula is C12H15Cl2NO3. The zero-order valence-corrected chi connectivity index (χ0v) is 11.3. The quantitative estimate of drug-likeness (QED) is 0.732. The molecule has 0 amide bonds. The third kappa shape index (κ3) is 5.58. The third-order valence-electron chi connectivity index (χ3n) is 2.14. The Labute approximate surface area is 116 Å². The fourth-order valence-electron chi connectivity index (χ4n) is 1.27. The first-order chi connectivity index (χ1) is 8.63. The van der Waals surface area contributed by atoms with Gasteiger partial charge in [0.25, 0.3) is 0 Å². The molecule has 1 aliphatic carbocycles. The molecule has 0 radical (unpaired) electrons. The van der Waals surface area contributed by atoms with E-state index in [4.69, 9.17) is 38.4 Å². The Balaban J connectivity index is 2.45. The highest BCUT2D eigenvalue weighted by Gasteiger charge is 2.17. The summed E-state index contributed by atoms with van der Waals surface area (Å²) in [6, 6.07) is 0. The van der Waals surface area contributed by atoms with Crippen LogP contribution in [0, 0.1) is 0 Å². The number of carbonyl (C=O) groups excluding carboxylic acids is 1. The van der Waals surface area contributed by atoms with Gasteiger partial charge in [0, 0.05) is 0 Å². The van der Waals surface area contributed by atoms with Gasteiger partial charge in [-0.2, -0.15) is 0 Å². The Morgan fingerprint density at radius 2 is 2.17 bits per heavy atom. The van der Waals surface area contributed by atoms with Crippen molar-refractivity contribution in [3.63, 3.8) is 0 Å². The topological polar surface area (TPSA) is 61.6 Å². The lowest BCUT2D eigenvalue weighted by Crippen LogP contribution is -2.13. The van der Waals surface area contributed by atoms with Gasteiger partial charge >= 0.3 is 0 Å². The van der Waals surface area contributed by atoms with Gasteiger partial charge < -0.3 is 15.2 Å². The predicted molar refractivity (Wildman–Crippen MR) is 71.2 cm³/mol. The summed E-state index contributed by atoms with van der Waals surface area (Å²) < 4.78 is 10.7. The van der Waals surface area contributed by atoms with Gasteiger partial charge in [-0.15, -0.1) is 0 Å². The van der Waals surface area contributed by atoms with E-state index in [0.717, 1.165) is 6.42 Å². The number of carbonyl (C=O) groups is 1. The first-order valence-corrected chi connectivity index (χ1v) is 6.30. The fraction of sp³-hybridized carbons (Fsp3) is 0.417. The lowest BCUT2D eigenvalue weighted by molar-refractivity contribution is -0.118. The Morgan fingerprint density at radius 1 is 1.39 bits per heavy atom. The van der Waals surface area contributed by atoms with Crippen molar-refractivity contribution in [2.45, 2.75) is 12.8 Å². The van der Waals surface area contributed by atoms with E-state index >= 15 is 0 Å². The second kappa shape index (κ2) is 8.19. The van der Waals surface area contributed by atoms with Crippen molar-refractivity contribution >= 4 is 29.0 Å². The highest BCUT2D eigenvalue weighted by Crippen LogP contribution is 2.17. The fourth-order valence-corrected chi connectivity index (χ4v) is 1.40. The van der Waals surface area contributed by atoms with Gasteiger partial charge in [-0.3, -0.25) is 4.79 Å². The number of allylic oxidation sites excluding steroid dienone is 4. The van der Waals surface area contributed by atoms with Gasteiger partial charge in [0.1, 0.15) is 16.9 Å². The van der Waals surface area contributed by atoms with Gasteiger partial charge in [-0.05, 0) is 31.2 Å². The maximum absolute atomic E-state index is 11.7. The second-order valence-corrected chi connectivity index (χ2v) is 4.57. The molecule has 0 unspecified atom stereocenters. The number of hydrogen-bond donors (Lipinski definition) is 1. The molecule has 0 heterocycles. The Hall–Kier alpha value is -0.970. The Kier molecular flexibility index (Phi) is 6.86. The van der Waals surface area contributed by atoms with Crippen LogP contribution in [0.15, 0.2) is 34.2 Å². The van der Waals surface area contributed by atoms with Crippen LogP contribution in [0.25, 0.3) is 0 Å². The number of rotatable bonds is 7. The molecule has 4 nitrogen and oxygen atoms in total. The van der Waals surface area contributed by atoms with Crippen LogP contribution < -0.4 is 5.73 Å². The van der Waals surface area contributed by atoms with Gasteiger partial charge in [-0.25, -0.2) is 0 Å². The maximum Gasteiger partial charge on any atom is 0.204 e. The molecule has 2 N–H and O–H groups in total. The van der Waals surface area contributed by atoms with E-state index in [1.165, 1.54) is 6.08 Å². The first-order valence-electron chi connectivity index (χ1n) is 5.54. The van der Waals surface area contributed by atoms with Crippen LogP contribution in [0.3, 0.4) is 0 Å². The summed E-state index contributed by atoms with van der Waals surface area (Å²) in [5, 5.41) is 0. The molecule has 0 spiro atoms. The molecule has 0 aromatic rings. The first kappa shape index (κ1) is 15.1.